The molecule has 1 aliphatic heterocycles. The van der Waals surface area contributed by atoms with Gasteiger partial charge in [0.15, 0.2) is 0 Å². The fourth-order valence-electron chi connectivity index (χ4n) is 9.26. The van der Waals surface area contributed by atoms with E-state index < -0.39 is 0 Å². The third kappa shape index (κ3) is 19.4. The van der Waals surface area contributed by atoms with Gasteiger partial charge < -0.3 is 5.53 Å². The van der Waals surface area contributed by atoms with E-state index in [1.807, 2.05) is 60.7 Å². The summed E-state index contributed by atoms with van der Waals surface area (Å²) in [6.45, 7) is 17.3. The molecule has 5 heteroatoms. The van der Waals surface area contributed by atoms with Crippen LogP contribution in [0.3, 0.4) is 0 Å². The van der Waals surface area contributed by atoms with E-state index in [1.54, 1.807) is 15.8 Å². The molecule has 0 bridgehead atoms. The third-order valence-corrected chi connectivity index (χ3v) is 13.8. The van der Waals surface area contributed by atoms with Crippen LogP contribution in [0.4, 0.5) is 0 Å². The van der Waals surface area contributed by atoms with Crippen molar-refractivity contribution in [1.82, 2.24) is 0 Å². The minimum absolute atomic E-state index is 0.565. The van der Waals surface area contributed by atoms with E-state index in [-0.39, 0.29) is 0 Å². The second-order valence-corrected chi connectivity index (χ2v) is 19.6. The van der Waals surface area contributed by atoms with Crippen molar-refractivity contribution in [2.24, 2.45) is 0 Å². The predicted octanol–water partition coefficient (Wildman–Crippen LogP) is 18.6. The molecule has 4 aromatic carbocycles. The molecule has 67 heavy (non-hydrogen) atoms. The summed E-state index contributed by atoms with van der Waals surface area (Å²) in [4.78, 5) is 0. The van der Waals surface area contributed by atoms with Crippen molar-refractivity contribution < 1.29 is 27.5 Å². The minimum atomic E-state index is 0.565. The fourth-order valence-corrected chi connectivity index (χ4v) is 9.79. The molecule has 0 saturated carbocycles. The van der Waals surface area contributed by atoms with Gasteiger partial charge >= 0.3 is 108 Å². The topological polar surface area (TPSA) is 43.8 Å². The first-order chi connectivity index (χ1) is 32.9. The molecule has 5 rings (SSSR count). The molecule has 370 valence electrons. The molecule has 0 amide bonds. The average molecular weight is 954 g/mol. The van der Waals surface area contributed by atoms with E-state index in [0.29, 0.717) is 13.2 Å². The Bertz CT molecular complexity index is 1950. The van der Waals surface area contributed by atoms with Crippen molar-refractivity contribution in [2.45, 2.75) is 222 Å². The summed E-state index contributed by atoms with van der Waals surface area (Å²) >= 11 is 0.863. The van der Waals surface area contributed by atoms with Crippen LogP contribution in [0.15, 0.2) is 96.6 Å². The Morgan fingerprint density at radius 3 is 1.21 bits per heavy atom. The van der Waals surface area contributed by atoms with Crippen LogP contribution in [0.25, 0.3) is 16.9 Å². The molecule has 1 aliphatic rings. The predicted molar refractivity (Wildman–Crippen MR) is 284 cm³/mol. The van der Waals surface area contributed by atoms with Gasteiger partial charge in [0.2, 0.25) is 11.4 Å². The molecule has 0 N–H and O–H groups in total. The van der Waals surface area contributed by atoms with Gasteiger partial charge in [-0.1, -0.05) is 119 Å². The van der Waals surface area contributed by atoms with Crippen LogP contribution in [0.2, 0.25) is 0 Å². The van der Waals surface area contributed by atoms with Crippen molar-refractivity contribution in [1.29, 1.82) is 0 Å². The van der Waals surface area contributed by atoms with Gasteiger partial charge in [-0.05, 0) is 148 Å². The zero-order valence-corrected chi connectivity index (χ0v) is 44.3. The molecule has 0 fully saturated rings. The molecule has 0 saturated heterocycles. The van der Waals surface area contributed by atoms with Gasteiger partial charge in [-0.3, -0.25) is 0 Å². The first kappa shape index (κ1) is 56.0. The van der Waals surface area contributed by atoms with E-state index in [9.17, 15) is 5.53 Å². The van der Waals surface area contributed by atoms with Crippen LogP contribution in [0.5, 0.6) is 0 Å². The summed E-state index contributed by atoms with van der Waals surface area (Å²) in [5, 5.41) is 0. The Kier molecular flexibility index (Phi) is 28.2. The molecule has 1 heterocycles. The molecular weight excluding hydrogens is 863 g/mol. The molecule has 0 aliphatic carbocycles. The Hall–Kier alpha value is -3.63. The molecule has 4 aromatic rings. The number of aryl methyl sites for hydroxylation is 4. The Morgan fingerprint density at radius 2 is 0.791 bits per heavy atom. The molecular formula is C62H90N2NiO2. The van der Waals surface area contributed by atoms with Gasteiger partial charge in [0.1, 0.15) is 0 Å². The van der Waals surface area contributed by atoms with E-state index in [2.05, 4.69) is 78.8 Å². The average Bonchev–Trinajstić information content (AvgIpc) is 3.69. The van der Waals surface area contributed by atoms with Crippen LogP contribution in [-0.2, 0) is 74.6 Å². The summed E-state index contributed by atoms with van der Waals surface area (Å²) in [5.41, 5.74) is 29.8. The normalized spacial score (nSPS) is 12.5. The Morgan fingerprint density at radius 1 is 0.418 bits per heavy atom. The van der Waals surface area contributed by atoms with Crippen LogP contribution in [-0.4, -0.2) is 4.70 Å². The zero-order valence-electron chi connectivity index (χ0n) is 43.3. The molecule has 0 aromatic heterocycles. The van der Waals surface area contributed by atoms with Gasteiger partial charge in [0.05, 0.1) is 0 Å². The first-order valence-electron chi connectivity index (χ1n) is 27.1. The number of allylic oxidation sites excluding steroid dienone is 2. The Labute approximate surface area is 416 Å². The number of benzene rings is 4. The maximum absolute atomic E-state index is 12.4. The molecule has 0 spiro atoms. The van der Waals surface area contributed by atoms with E-state index >= 15 is 0 Å². The summed E-state index contributed by atoms with van der Waals surface area (Å²) < 4.78 is 12.3. The van der Waals surface area contributed by atoms with Crippen molar-refractivity contribution >= 4 is 11.4 Å². The third-order valence-electron chi connectivity index (χ3n) is 13.2. The van der Waals surface area contributed by atoms with Gasteiger partial charge in [0, 0.05) is 22.8 Å². The van der Waals surface area contributed by atoms with E-state index in [1.165, 1.54) is 167 Å². The number of rotatable bonds is 33. The summed E-state index contributed by atoms with van der Waals surface area (Å²) in [7, 11) is 0. The fraction of sp³-hybridized carbons (Fsp3) is 0.548. The van der Waals surface area contributed by atoms with Gasteiger partial charge in [-0.2, -0.15) is 0 Å². The van der Waals surface area contributed by atoms with Crippen LogP contribution in [0.1, 0.15) is 226 Å². The van der Waals surface area contributed by atoms with Crippen molar-refractivity contribution in [3.63, 3.8) is 0 Å². The van der Waals surface area contributed by atoms with E-state index in [4.69, 9.17) is 7.76 Å². The first-order valence-corrected chi connectivity index (χ1v) is 27.9. The van der Waals surface area contributed by atoms with Crippen LogP contribution >= 0.6 is 0 Å². The summed E-state index contributed by atoms with van der Waals surface area (Å²) in [6.07, 6.45) is 32.6. The van der Waals surface area contributed by atoms with Crippen molar-refractivity contribution in [3.05, 3.63) is 158 Å². The molecule has 0 atom stereocenters. The van der Waals surface area contributed by atoms with Crippen LogP contribution in [0, 0.1) is 0 Å². The standard InChI is InChI=1S/C48H76N2.2C7H7O.Ni/c1-8-15-22-23-24-25-30-42-37-47(43-33-38(26-16-9-2)45(31-20-13-6)39(34-43)27-17-10-3)50(49)48(42)44-35-40(28-18-11-4)46(32-21-14-7)41(36-44)29-19-12-5;2*8-6-7-4-2-1-3-5-7;/h33-37H,8-32H2,1-7H3;2*1-5H,6H2;/q;2*-1;+2. The van der Waals surface area contributed by atoms with Crippen molar-refractivity contribution in [3.8, 4) is 0 Å². The van der Waals surface area contributed by atoms with Gasteiger partial charge in [0.25, 0.3) is 0 Å². The van der Waals surface area contributed by atoms with Crippen LogP contribution < -0.4 is 0 Å². The Balaban J connectivity index is 0.000000479. The SMILES string of the molecule is CCCCCCCCC1=C(c2cc(CCCC)c(CCCC)c(CCCC)c2)[N+](=[N-])C(c2cc(CCCC)c(CCCC)c(CCCC)c2)=C1.c1ccc(C[O][Ni][O]Cc2ccccc2)cc1. The van der Waals surface area contributed by atoms with Gasteiger partial charge in [-0.15, -0.1) is 0 Å². The van der Waals surface area contributed by atoms with Gasteiger partial charge in [-0.25, -0.2) is 4.70 Å². The number of unbranched alkanes of at least 4 members (excludes halogenated alkanes) is 11. The molecule has 4 nitrogen and oxygen atoms in total. The summed E-state index contributed by atoms with van der Waals surface area (Å²) in [6, 6.07) is 30.0. The maximum atomic E-state index is 12.4. The van der Waals surface area contributed by atoms with Crippen molar-refractivity contribution in [2.75, 3.05) is 0 Å². The summed E-state index contributed by atoms with van der Waals surface area (Å²) in [5.74, 6) is 0. The molecule has 0 unspecified atom stereocenters. The quantitative estimate of drug-likeness (QED) is 0.0271. The monoisotopic (exact) mass is 953 g/mol. The van der Waals surface area contributed by atoms with E-state index in [0.717, 1.165) is 69.7 Å². The second-order valence-electron chi connectivity index (χ2n) is 18.9. The molecule has 0 radical (unpaired) electrons. The second kappa shape index (κ2) is 33.8. The number of hydrogen-bond acceptors (Lipinski definition) is 2. The number of hydrogen-bond donors (Lipinski definition) is 0. The zero-order chi connectivity index (χ0) is 47.9. The number of nitrogens with zero attached hydrogens (tertiary/aromatic N) is 2.